The van der Waals surface area contributed by atoms with E-state index in [1.807, 2.05) is 6.33 Å². The molecule has 2 heterocycles. The highest BCUT2D eigenvalue weighted by molar-refractivity contribution is 9.10. The van der Waals surface area contributed by atoms with Crippen molar-refractivity contribution in [3.63, 3.8) is 0 Å². The molecule has 0 bridgehead atoms. The van der Waals surface area contributed by atoms with Crippen molar-refractivity contribution in [2.24, 2.45) is 5.73 Å². The molecular formula is C15H20BrN5. The highest BCUT2D eigenvalue weighted by atomic mass is 79.9. The highest BCUT2D eigenvalue weighted by Crippen LogP contribution is 2.29. The summed E-state index contributed by atoms with van der Waals surface area (Å²) in [7, 11) is 0. The number of nitrogens with two attached hydrogens (primary N) is 1. The number of nitrogens with zero attached hydrogens (tertiary/aromatic N) is 4. The molecule has 2 N–H and O–H groups in total. The van der Waals surface area contributed by atoms with Crippen LogP contribution in [0.5, 0.6) is 0 Å². The van der Waals surface area contributed by atoms with E-state index < -0.39 is 0 Å². The third kappa shape index (κ3) is 3.11. The largest absolute Gasteiger partial charge is 0.362 e. The van der Waals surface area contributed by atoms with E-state index in [0.29, 0.717) is 0 Å². The molecule has 0 fully saturated rings. The fraction of sp³-hybridized carbons (Fsp3) is 0.467. The van der Waals surface area contributed by atoms with E-state index >= 15 is 0 Å². The molecule has 1 aliphatic rings. The van der Waals surface area contributed by atoms with E-state index in [2.05, 4.69) is 60.7 Å². The van der Waals surface area contributed by atoms with Gasteiger partial charge in [-0.2, -0.15) is 0 Å². The van der Waals surface area contributed by atoms with Gasteiger partial charge in [0.2, 0.25) is 0 Å². The molecule has 1 aliphatic heterocycles. The highest BCUT2D eigenvalue weighted by Gasteiger charge is 2.20. The predicted molar refractivity (Wildman–Crippen MR) is 87.2 cm³/mol. The maximum atomic E-state index is 6.14. The first kappa shape index (κ1) is 14.5. The van der Waals surface area contributed by atoms with Crippen LogP contribution in [0.25, 0.3) is 0 Å². The van der Waals surface area contributed by atoms with Crippen molar-refractivity contribution in [1.29, 1.82) is 0 Å². The van der Waals surface area contributed by atoms with Crippen molar-refractivity contribution >= 4 is 21.6 Å². The van der Waals surface area contributed by atoms with Crippen LogP contribution in [0, 0.1) is 0 Å². The Labute approximate surface area is 133 Å². The minimum absolute atomic E-state index is 0.207. The van der Waals surface area contributed by atoms with Crippen molar-refractivity contribution in [3.05, 3.63) is 40.4 Å². The number of halogens is 1. The number of benzene rings is 1. The molecule has 1 aromatic heterocycles. The van der Waals surface area contributed by atoms with Gasteiger partial charge in [-0.1, -0.05) is 28.9 Å². The Hall–Kier alpha value is -1.40. The topological polar surface area (TPSA) is 60.0 Å². The lowest BCUT2D eigenvalue weighted by Crippen LogP contribution is -2.34. The van der Waals surface area contributed by atoms with E-state index in [-0.39, 0.29) is 6.04 Å². The zero-order chi connectivity index (χ0) is 14.8. The molecule has 2 aromatic rings. The van der Waals surface area contributed by atoms with Crippen LogP contribution < -0.4 is 10.6 Å². The number of anilines is 1. The van der Waals surface area contributed by atoms with E-state index in [1.54, 1.807) is 0 Å². The second kappa shape index (κ2) is 6.15. The molecule has 1 aromatic carbocycles. The predicted octanol–water partition coefficient (Wildman–Crippen LogP) is 2.34. The average molecular weight is 350 g/mol. The monoisotopic (exact) mass is 349 g/mol. The van der Waals surface area contributed by atoms with Crippen molar-refractivity contribution in [2.75, 3.05) is 11.4 Å². The average Bonchev–Trinajstić information content (AvgIpc) is 2.96. The molecule has 3 rings (SSSR count). The molecular weight excluding hydrogens is 330 g/mol. The summed E-state index contributed by atoms with van der Waals surface area (Å²) in [5.41, 5.74) is 8.70. The number of hydrogen-bond donors (Lipinski definition) is 1. The molecule has 0 amide bonds. The van der Waals surface area contributed by atoms with Gasteiger partial charge in [-0.3, -0.25) is 0 Å². The van der Waals surface area contributed by atoms with Gasteiger partial charge in [0.1, 0.15) is 6.33 Å². The Bertz CT molecular complexity index is 624. The fourth-order valence-corrected chi connectivity index (χ4v) is 3.05. The maximum absolute atomic E-state index is 6.14. The Morgan fingerprint density at radius 1 is 1.38 bits per heavy atom. The van der Waals surface area contributed by atoms with Crippen LogP contribution in [-0.2, 0) is 19.5 Å². The normalized spacial score (nSPS) is 15.9. The SMILES string of the molecule is CCC(N)Cc1ccc(Br)cc1N1CCn2cnnc2C1. The summed E-state index contributed by atoms with van der Waals surface area (Å²) in [4.78, 5) is 2.37. The Morgan fingerprint density at radius 2 is 2.24 bits per heavy atom. The molecule has 1 unspecified atom stereocenters. The van der Waals surface area contributed by atoms with Crippen LogP contribution >= 0.6 is 15.9 Å². The van der Waals surface area contributed by atoms with Gasteiger partial charge in [0.25, 0.3) is 0 Å². The summed E-state index contributed by atoms with van der Waals surface area (Å²) in [6.45, 7) is 4.82. The smallest absolute Gasteiger partial charge is 0.152 e. The maximum Gasteiger partial charge on any atom is 0.152 e. The summed E-state index contributed by atoms with van der Waals surface area (Å²) in [6, 6.07) is 6.66. The number of fused-ring (bicyclic) bond motifs is 1. The molecule has 5 nitrogen and oxygen atoms in total. The molecule has 0 spiro atoms. The fourth-order valence-electron chi connectivity index (χ4n) is 2.70. The Balaban J connectivity index is 1.89. The van der Waals surface area contributed by atoms with Gasteiger partial charge < -0.3 is 15.2 Å². The van der Waals surface area contributed by atoms with Crippen LogP contribution in [0.15, 0.2) is 29.0 Å². The van der Waals surface area contributed by atoms with Gasteiger partial charge >= 0.3 is 0 Å². The zero-order valence-electron chi connectivity index (χ0n) is 12.2. The lowest BCUT2D eigenvalue weighted by molar-refractivity contribution is 0.556. The lowest BCUT2D eigenvalue weighted by Gasteiger charge is -2.31. The second-order valence-corrected chi connectivity index (χ2v) is 6.42. The number of hydrogen-bond acceptors (Lipinski definition) is 4. The van der Waals surface area contributed by atoms with Gasteiger partial charge in [0.15, 0.2) is 5.82 Å². The molecule has 112 valence electrons. The molecule has 21 heavy (non-hydrogen) atoms. The molecule has 6 heteroatoms. The molecule has 0 aliphatic carbocycles. The van der Waals surface area contributed by atoms with Gasteiger partial charge in [-0.15, -0.1) is 10.2 Å². The first-order chi connectivity index (χ1) is 10.2. The molecule has 1 atom stereocenters. The quantitative estimate of drug-likeness (QED) is 0.920. The summed E-state index contributed by atoms with van der Waals surface area (Å²) in [5, 5.41) is 8.19. The minimum Gasteiger partial charge on any atom is -0.362 e. The van der Waals surface area contributed by atoms with Gasteiger partial charge in [0.05, 0.1) is 6.54 Å². The Morgan fingerprint density at radius 3 is 3.05 bits per heavy atom. The first-order valence-electron chi connectivity index (χ1n) is 7.33. The van der Waals surface area contributed by atoms with E-state index in [4.69, 9.17) is 5.73 Å². The minimum atomic E-state index is 0.207. The van der Waals surface area contributed by atoms with Crippen LogP contribution in [0.1, 0.15) is 24.7 Å². The summed E-state index contributed by atoms with van der Waals surface area (Å²) < 4.78 is 3.21. The summed E-state index contributed by atoms with van der Waals surface area (Å²) in [6.07, 6.45) is 3.70. The molecule has 0 radical (unpaired) electrons. The van der Waals surface area contributed by atoms with Gasteiger partial charge in [-0.25, -0.2) is 0 Å². The van der Waals surface area contributed by atoms with Gasteiger partial charge in [0, 0.05) is 29.3 Å². The van der Waals surface area contributed by atoms with Crippen molar-refractivity contribution in [2.45, 2.75) is 38.9 Å². The zero-order valence-corrected chi connectivity index (χ0v) is 13.8. The van der Waals surface area contributed by atoms with Crippen molar-refractivity contribution in [3.8, 4) is 0 Å². The standard InChI is InChI=1S/C15H20BrN5/c1-2-13(17)7-11-3-4-12(16)8-14(11)20-5-6-21-10-18-19-15(21)9-20/h3-4,8,10,13H,2,5-7,9,17H2,1H3. The number of aromatic nitrogens is 3. The van der Waals surface area contributed by atoms with Crippen LogP contribution in [0.2, 0.25) is 0 Å². The van der Waals surface area contributed by atoms with Gasteiger partial charge in [-0.05, 0) is 30.5 Å². The number of rotatable bonds is 4. The molecule has 0 saturated heterocycles. The van der Waals surface area contributed by atoms with Crippen molar-refractivity contribution in [1.82, 2.24) is 14.8 Å². The van der Waals surface area contributed by atoms with Crippen LogP contribution in [0.4, 0.5) is 5.69 Å². The Kier molecular flexibility index (Phi) is 4.26. The van der Waals surface area contributed by atoms with Crippen LogP contribution in [0.3, 0.4) is 0 Å². The lowest BCUT2D eigenvalue weighted by atomic mass is 10.0. The van der Waals surface area contributed by atoms with E-state index in [0.717, 1.165) is 42.8 Å². The second-order valence-electron chi connectivity index (χ2n) is 5.51. The van der Waals surface area contributed by atoms with Crippen LogP contribution in [-0.4, -0.2) is 27.4 Å². The molecule has 0 saturated carbocycles. The third-order valence-corrected chi connectivity index (χ3v) is 4.53. The summed E-state index contributed by atoms with van der Waals surface area (Å²) in [5.74, 6) is 1.02. The summed E-state index contributed by atoms with van der Waals surface area (Å²) >= 11 is 3.58. The van der Waals surface area contributed by atoms with E-state index in [9.17, 15) is 0 Å². The van der Waals surface area contributed by atoms with E-state index in [1.165, 1.54) is 11.3 Å². The first-order valence-corrected chi connectivity index (χ1v) is 8.12. The van der Waals surface area contributed by atoms with Crippen molar-refractivity contribution < 1.29 is 0 Å². The third-order valence-electron chi connectivity index (χ3n) is 4.03.